The van der Waals surface area contributed by atoms with Gasteiger partial charge < -0.3 is 4.74 Å². The van der Waals surface area contributed by atoms with Crippen molar-refractivity contribution in [1.29, 1.82) is 0 Å². The Bertz CT molecular complexity index is 937. The second-order valence-electron chi connectivity index (χ2n) is 6.35. The largest absolute Gasteiger partial charge is 0.497 e. The number of carbonyl (C=O) groups excluding carboxylic acids is 1. The first-order valence-electron chi connectivity index (χ1n) is 8.46. The number of hydrogen-bond donors (Lipinski definition) is 0. The maximum Gasteiger partial charge on any atom is 0.245 e. The molecule has 0 unspecified atom stereocenters. The quantitative estimate of drug-likeness (QED) is 0.729. The van der Waals surface area contributed by atoms with Crippen molar-refractivity contribution in [3.05, 3.63) is 59.7 Å². The normalized spacial score (nSPS) is 16.3. The first-order valence-corrected chi connectivity index (χ1v) is 9.90. The van der Waals surface area contributed by atoms with Gasteiger partial charge in [-0.1, -0.05) is 0 Å². The van der Waals surface area contributed by atoms with Crippen LogP contribution in [0, 0.1) is 17.6 Å². The zero-order valence-electron chi connectivity index (χ0n) is 14.7. The minimum Gasteiger partial charge on any atom is -0.497 e. The maximum absolute atomic E-state index is 13.9. The van der Waals surface area contributed by atoms with Gasteiger partial charge in [-0.3, -0.25) is 4.79 Å². The van der Waals surface area contributed by atoms with Crippen LogP contribution in [0.5, 0.6) is 5.75 Å². The summed E-state index contributed by atoms with van der Waals surface area (Å²) in [5, 5.41) is 0. The van der Waals surface area contributed by atoms with Gasteiger partial charge >= 0.3 is 0 Å². The van der Waals surface area contributed by atoms with E-state index in [1.54, 1.807) is 24.3 Å². The first-order chi connectivity index (χ1) is 12.8. The third-order valence-electron chi connectivity index (χ3n) is 4.71. The van der Waals surface area contributed by atoms with Crippen molar-refractivity contribution >= 4 is 15.8 Å². The second kappa shape index (κ2) is 7.74. The van der Waals surface area contributed by atoms with E-state index < -0.39 is 26.6 Å². The van der Waals surface area contributed by atoms with E-state index in [-0.39, 0.29) is 24.8 Å². The molecule has 8 heteroatoms. The smallest absolute Gasteiger partial charge is 0.245 e. The molecule has 1 aliphatic rings. The lowest BCUT2D eigenvalue weighted by Crippen LogP contribution is -2.40. The van der Waals surface area contributed by atoms with E-state index in [9.17, 15) is 22.0 Å². The van der Waals surface area contributed by atoms with Gasteiger partial charge in [0.15, 0.2) is 5.78 Å². The van der Waals surface area contributed by atoms with Gasteiger partial charge in [-0.25, -0.2) is 17.2 Å². The molecular formula is C19H19F2NO4S. The predicted octanol–water partition coefficient (Wildman–Crippen LogP) is 3.26. The third kappa shape index (κ3) is 4.01. The Morgan fingerprint density at radius 2 is 1.70 bits per heavy atom. The standard InChI is InChI=1S/C19H19F2NO4S/c1-26-16-5-2-13(3-6-16)19(23)14-8-10-22(11-9-14)27(24,25)18-7-4-15(20)12-17(18)21/h2-7,12,14H,8-11H2,1H3. The van der Waals surface area contributed by atoms with E-state index in [0.717, 1.165) is 16.4 Å². The number of methoxy groups -OCH3 is 1. The Balaban J connectivity index is 1.69. The van der Waals surface area contributed by atoms with Gasteiger partial charge in [-0.2, -0.15) is 4.31 Å². The fourth-order valence-electron chi connectivity index (χ4n) is 3.17. The first kappa shape index (κ1) is 19.4. The molecule has 2 aromatic rings. The average Bonchev–Trinajstić information content (AvgIpc) is 2.67. The van der Waals surface area contributed by atoms with Crippen LogP contribution in [0.4, 0.5) is 8.78 Å². The summed E-state index contributed by atoms with van der Waals surface area (Å²) in [7, 11) is -2.53. The summed E-state index contributed by atoms with van der Waals surface area (Å²) < 4.78 is 58.3. The van der Waals surface area contributed by atoms with Crippen LogP contribution >= 0.6 is 0 Å². The van der Waals surface area contributed by atoms with Gasteiger partial charge in [-0.05, 0) is 49.2 Å². The van der Waals surface area contributed by atoms with Gasteiger partial charge in [-0.15, -0.1) is 0 Å². The van der Waals surface area contributed by atoms with Crippen LogP contribution in [-0.4, -0.2) is 38.7 Å². The molecule has 27 heavy (non-hydrogen) atoms. The molecule has 0 amide bonds. The van der Waals surface area contributed by atoms with E-state index in [4.69, 9.17) is 4.74 Å². The Morgan fingerprint density at radius 1 is 1.07 bits per heavy atom. The molecule has 5 nitrogen and oxygen atoms in total. The van der Waals surface area contributed by atoms with Crippen molar-refractivity contribution < 1.29 is 26.7 Å². The van der Waals surface area contributed by atoms with E-state index in [0.29, 0.717) is 30.2 Å². The Kier molecular flexibility index (Phi) is 5.57. The van der Waals surface area contributed by atoms with Crippen molar-refractivity contribution in [2.45, 2.75) is 17.7 Å². The van der Waals surface area contributed by atoms with Crippen molar-refractivity contribution in [1.82, 2.24) is 4.31 Å². The van der Waals surface area contributed by atoms with Gasteiger partial charge in [0.1, 0.15) is 22.3 Å². The minimum atomic E-state index is -4.07. The summed E-state index contributed by atoms with van der Waals surface area (Å²) in [5.74, 6) is -1.67. The van der Waals surface area contributed by atoms with Crippen LogP contribution in [-0.2, 0) is 10.0 Å². The lowest BCUT2D eigenvalue weighted by molar-refractivity contribution is 0.0875. The number of benzene rings is 2. The second-order valence-corrected chi connectivity index (χ2v) is 8.25. The number of nitrogens with zero attached hydrogens (tertiary/aromatic N) is 1. The summed E-state index contributed by atoms with van der Waals surface area (Å²) in [6.45, 7) is 0.206. The van der Waals surface area contributed by atoms with Crippen molar-refractivity contribution in [2.75, 3.05) is 20.2 Å². The van der Waals surface area contributed by atoms with E-state index in [1.807, 2.05) is 0 Å². The summed E-state index contributed by atoms with van der Waals surface area (Å²) in [4.78, 5) is 12.1. The van der Waals surface area contributed by atoms with Crippen LogP contribution in [0.2, 0.25) is 0 Å². The molecule has 0 radical (unpaired) electrons. The Labute approximate surface area is 156 Å². The van der Waals surface area contributed by atoms with Crippen molar-refractivity contribution in [3.8, 4) is 5.75 Å². The number of ether oxygens (including phenoxy) is 1. The lowest BCUT2D eigenvalue weighted by Gasteiger charge is -2.30. The summed E-state index contributed by atoms with van der Waals surface area (Å²) in [6, 6.07) is 9.14. The highest BCUT2D eigenvalue weighted by Gasteiger charge is 2.33. The molecule has 3 rings (SSSR count). The van der Waals surface area contributed by atoms with Gasteiger partial charge in [0, 0.05) is 30.6 Å². The predicted molar refractivity (Wildman–Crippen MR) is 95.2 cm³/mol. The lowest BCUT2D eigenvalue weighted by atomic mass is 9.89. The minimum absolute atomic E-state index is 0.0531. The van der Waals surface area contributed by atoms with Crippen molar-refractivity contribution in [3.63, 3.8) is 0 Å². The van der Waals surface area contributed by atoms with Crippen LogP contribution in [0.3, 0.4) is 0 Å². The summed E-state index contributed by atoms with van der Waals surface area (Å²) in [6.07, 6.45) is 0.680. The zero-order chi connectivity index (χ0) is 19.6. The molecule has 2 aromatic carbocycles. The van der Waals surface area contributed by atoms with Crippen LogP contribution in [0.1, 0.15) is 23.2 Å². The van der Waals surface area contributed by atoms with Crippen molar-refractivity contribution in [2.24, 2.45) is 5.92 Å². The molecule has 0 aromatic heterocycles. The molecule has 1 aliphatic heterocycles. The number of ketones is 1. The average molecular weight is 395 g/mol. The number of halogens is 2. The molecule has 0 atom stereocenters. The molecule has 0 aliphatic carbocycles. The number of Topliss-reactive ketones (excluding diaryl/α,β-unsaturated/α-hetero) is 1. The number of piperidine rings is 1. The molecule has 0 N–H and O–H groups in total. The fourth-order valence-corrected chi connectivity index (χ4v) is 4.69. The molecule has 1 fully saturated rings. The number of hydrogen-bond acceptors (Lipinski definition) is 4. The monoisotopic (exact) mass is 395 g/mol. The Morgan fingerprint density at radius 3 is 2.26 bits per heavy atom. The molecule has 1 heterocycles. The van der Waals surface area contributed by atoms with E-state index >= 15 is 0 Å². The number of rotatable bonds is 5. The maximum atomic E-state index is 13.9. The highest BCUT2D eigenvalue weighted by molar-refractivity contribution is 7.89. The molecule has 144 valence electrons. The summed E-state index contributed by atoms with van der Waals surface area (Å²) in [5.41, 5.74) is 0.543. The number of sulfonamides is 1. The van der Waals surface area contributed by atoms with Gasteiger partial charge in [0.05, 0.1) is 7.11 Å². The van der Waals surface area contributed by atoms with E-state index in [2.05, 4.69) is 0 Å². The third-order valence-corrected chi connectivity index (χ3v) is 6.64. The number of carbonyl (C=O) groups is 1. The Hall–Kier alpha value is -2.32. The highest BCUT2D eigenvalue weighted by atomic mass is 32.2. The molecule has 0 saturated carbocycles. The van der Waals surface area contributed by atoms with Crippen LogP contribution in [0.15, 0.2) is 47.4 Å². The topological polar surface area (TPSA) is 63.7 Å². The molecule has 1 saturated heterocycles. The zero-order valence-corrected chi connectivity index (χ0v) is 15.5. The SMILES string of the molecule is COc1ccc(C(=O)C2CCN(S(=O)(=O)c3ccc(F)cc3F)CC2)cc1. The van der Waals surface area contributed by atoms with E-state index in [1.165, 1.54) is 7.11 Å². The fraction of sp³-hybridized carbons (Fsp3) is 0.316. The van der Waals surface area contributed by atoms with Gasteiger partial charge in [0.2, 0.25) is 10.0 Å². The summed E-state index contributed by atoms with van der Waals surface area (Å²) >= 11 is 0. The molecular weight excluding hydrogens is 376 g/mol. The molecule has 0 spiro atoms. The van der Waals surface area contributed by atoms with Crippen LogP contribution in [0.25, 0.3) is 0 Å². The molecule has 0 bridgehead atoms. The van der Waals surface area contributed by atoms with Crippen LogP contribution < -0.4 is 4.74 Å². The van der Waals surface area contributed by atoms with Gasteiger partial charge in [0.25, 0.3) is 0 Å². The highest BCUT2D eigenvalue weighted by Crippen LogP contribution is 2.28.